The molecule has 21 heavy (non-hydrogen) atoms. The van der Waals surface area contributed by atoms with Crippen molar-refractivity contribution in [2.24, 2.45) is 11.3 Å². The molecule has 2 aromatic rings. The molecule has 0 radical (unpaired) electrons. The molecule has 0 bridgehead atoms. The average molecular weight is 306 g/mol. The third-order valence-electron chi connectivity index (χ3n) is 4.93. The summed E-state index contributed by atoms with van der Waals surface area (Å²) in [6, 6.07) is 8.03. The first-order valence-electron chi connectivity index (χ1n) is 7.36. The van der Waals surface area contributed by atoms with Crippen LogP contribution in [0.15, 0.2) is 30.5 Å². The van der Waals surface area contributed by atoms with Crippen LogP contribution in [0.3, 0.4) is 0 Å². The third-order valence-corrected chi connectivity index (χ3v) is 4.93. The van der Waals surface area contributed by atoms with E-state index in [1.807, 2.05) is 30.5 Å². The number of anilines is 1. The van der Waals surface area contributed by atoms with Crippen molar-refractivity contribution >= 4 is 34.9 Å². The molecule has 1 saturated heterocycles. The summed E-state index contributed by atoms with van der Waals surface area (Å²) < 4.78 is 0. The number of hydrogen-bond acceptors (Lipinski definition) is 2. The van der Waals surface area contributed by atoms with E-state index in [0.29, 0.717) is 5.41 Å². The number of H-pyrrole nitrogens is 1. The number of aromatic nitrogens is 1. The Hall–Kier alpha value is -1.52. The first kappa shape index (κ1) is 14.4. The lowest BCUT2D eigenvalue weighted by Gasteiger charge is -2.23. The first-order chi connectivity index (χ1) is 9.77. The van der Waals surface area contributed by atoms with Crippen LogP contribution in [-0.2, 0) is 4.79 Å². The number of carbonyl (C=O) groups is 1. The van der Waals surface area contributed by atoms with Crippen molar-refractivity contribution in [3.8, 4) is 0 Å². The molecule has 112 valence electrons. The van der Waals surface area contributed by atoms with Gasteiger partial charge in [0.15, 0.2) is 0 Å². The predicted molar refractivity (Wildman–Crippen MR) is 86.8 cm³/mol. The van der Waals surface area contributed by atoms with Crippen molar-refractivity contribution in [1.29, 1.82) is 0 Å². The van der Waals surface area contributed by atoms with E-state index in [2.05, 4.69) is 15.6 Å². The van der Waals surface area contributed by atoms with Gasteiger partial charge in [-0.15, -0.1) is 12.4 Å². The van der Waals surface area contributed by atoms with Crippen LogP contribution in [0.25, 0.3) is 10.9 Å². The minimum Gasteiger partial charge on any atom is -0.361 e. The van der Waals surface area contributed by atoms with E-state index in [1.165, 1.54) is 0 Å². The van der Waals surface area contributed by atoms with Crippen molar-refractivity contribution in [1.82, 2.24) is 10.3 Å². The lowest BCUT2D eigenvalue weighted by molar-refractivity contribution is -0.118. The second kappa shape index (κ2) is 5.35. The highest BCUT2D eigenvalue weighted by Gasteiger charge is 2.57. The molecule has 3 N–H and O–H groups in total. The Morgan fingerprint density at radius 3 is 2.86 bits per heavy atom. The quantitative estimate of drug-likeness (QED) is 0.799. The smallest absolute Gasteiger partial charge is 0.228 e. The summed E-state index contributed by atoms with van der Waals surface area (Å²) in [5.41, 5.74) is 2.30. The van der Waals surface area contributed by atoms with Gasteiger partial charge in [0.05, 0.1) is 0 Å². The molecule has 5 heteroatoms. The van der Waals surface area contributed by atoms with E-state index in [9.17, 15) is 4.79 Å². The normalized spacial score (nSPS) is 22.8. The van der Waals surface area contributed by atoms with Crippen LogP contribution in [0.1, 0.15) is 19.3 Å². The van der Waals surface area contributed by atoms with Crippen molar-refractivity contribution in [2.45, 2.75) is 19.3 Å². The number of aromatic amines is 1. The molecule has 1 amide bonds. The van der Waals surface area contributed by atoms with Crippen LogP contribution in [0.4, 0.5) is 5.69 Å². The predicted octanol–water partition coefficient (Wildman–Crippen LogP) is 2.92. The molecule has 2 fully saturated rings. The molecule has 1 saturated carbocycles. The number of halogens is 1. The van der Waals surface area contributed by atoms with E-state index >= 15 is 0 Å². The standard InChI is InChI=1S/C16H19N3O.ClH/c20-15(13-10-16(13)4-7-17-8-5-16)19-12-1-2-14-11(9-12)3-6-18-14;/h1-3,6,9,13,17-18H,4-5,7-8,10H2,(H,19,20);1H. The lowest BCUT2D eigenvalue weighted by atomic mass is 9.92. The fourth-order valence-corrected chi connectivity index (χ4v) is 3.56. The second-order valence-electron chi connectivity index (χ2n) is 6.14. The molecule has 1 aliphatic carbocycles. The molecular weight excluding hydrogens is 286 g/mol. The van der Waals surface area contributed by atoms with Gasteiger partial charge in [-0.1, -0.05) is 0 Å². The van der Waals surface area contributed by atoms with E-state index in [4.69, 9.17) is 0 Å². The van der Waals surface area contributed by atoms with Crippen LogP contribution >= 0.6 is 12.4 Å². The van der Waals surface area contributed by atoms with Crippen LogP contribution < -0.4 is 10.6 Å². The maximum Gasteiger partial charge on any atom is 0.228 e. The number of piperidine rings is 1. The zero-order valence-electron chi connectivity index (χ0n) is 11.8. The summed E-state index contributed by atoms with van der Waals surface area (Å²) in [7, 11) is 0. The van der Waals surface area contributed by atoms with Crippen molar-refractivity contribution in [3.05, 3.63) is 30.5 Å². The number of amides is 1. The van der Waals surface area contributed by atoms with E-state index in [-0.39, 0.29) is 24.2 Å². The maximum atomic E-state index is 12.4. The molecule has 1 unspecified atom stereocenters. The van der Waals surface area contributed by atoms with Gasteiger partial charge in [0.2, 0.25) is 5.91 Å². The monoisotopic (exact) mass is 305 g/mol. The Labute approximate surface area is 130 Å². The molecule has 2 heterocycles. The fourth-order valence-electron chi connectivity index (χ4n) is 3.56. The van der Waals surface area contributed by atoms with E-state index in [1.54, 1.807) is 0 Å². The van der Waals surface area contributed by atoms with E-state index in [0.717, 1.165) is 48.9 Å². The van der Waals surface area contributed by atoms with Gasteiger partial charge in [0.25, 0.3) is 0 Å². The van der Waals surface area contributed by atoms with Gasteiger partial charge in [-0.25, -0.2) is 0 Å². The largest absolute Gasteiger partial charge is 0.361 e. The molecular formula is C16H20ClN3O. The Morgan fingerprint density at radius 1 is 1.24 bits per heavy atom. The minimum absolute atomic E-state index is 0. The zero-order valence-corrected chi connectivity index (χ0v) is 12.6. The van der Waals surface area contributed by atoms with Gasteiger partial charge in [0, 0.05) is 28.7 Å². The number of carbonyl (C=O) groups excluding carboxylic acids is 1. The molecule has 1 spiro atoms. The van der Waals surface area contributed by atoms with Crippen LogP contribution in [0.2, 0.25) is 0 Å². The first-order valence-corrected chi connectivity index (χ1v) is 7.36. The van der Waals surface area contributed by atoms with E-state index < -0.39 is 0 Å². The highest BCUT2D eigenvalue weighted by atomic mass is 35.5. The summed E-state index contributed by atoms with van der Waals surface area (Å²) >= 11 is 0. The molecule has 4 rings (SSSR count). The third kappa shape index (κ3) is 2.54. The molecule has 1 aliphatic heterocycles. The van der Waals surface area contributed by atoms with Crippen LogP contribution in [0, 0.1) is 11.3 Å². The summed E-state index contributed by atoms with van der Waals surface area (Å²) in [5.74, 6) is 0.410. The Balaban J connectivity index is 0.00000132. The highest BCUT2D eigenvalue weighted by molar-refractivity contribution is 5.97. The van der Waals surface area contributed by atoms with Gasteiger partial charge in [-0.2, -0.15) is 0 Å². The summed E-state index contributed by atoms with van der Waals surface area (Å²) in [6.07, 6.45) is 5.26. The molecule has 4 nitrogen and oxygen atoms in total. The van der Waals surface area contributed by atoms with Crippen molar-refractivity contribution < 1.29 is 4.79 Å². The van der Waals surface area contributed by atoms with Gasteiger partial charge in [-0.05, 0) is 62.0 Å². The minimum atomic E-state index is 0. The Kier molecular flexibility index (Phi) is 3.68. The van der Waals surface area contributed by atoms with Gasteiger partial charge in [-0.3, -0.25) is 4.79 Å². The summed E-state index contributed by atoms with van der Waals surface area (Å²) in [4.78, 5) is 15.5. The lowest BCUT2D eigenvalue weighted by Crippen LogP contribution is -2.31. The molecule has 1 atom stereocenters. The Morgan fingerprint density at radius 2 is 2.05 bits per heavy atom. The summed E-state index contributed by atoms with van der Waals surface area (Å²) in [6.45, 7) is 2.11. The fraction of sp³-hybridized carbons (Fsp3) is 0.438. The number of rotatable bonds is 2. The van der Waals surface area contributed by atoms with Crippen molar-refractivity contribution in [2.75, 3.05) is 18.4 Å². The van der Waals surface area contributed by atoms with Gasteiger partial charge < -0.3 is 15.6 Å². The van der Waals surface area contributed by atoms with Crippen LogP contribution in [0.5, 0.6) is 0 Å². The topological polar surface area (TPSA) is 56.9 Å². The molecule has 1 aromatic carbocycles. The van der Waals surface area contributed by atoms with Gasteiger partial charge in [0.1, 0.15) is 0 Å². The number of hydrogen-bond donors (Lipinski definition) is 3. The average Bonchev–Trinajstić information content (AvgIpc) is 2.96. The summed E-state index contributed by atoms with van der Waals surface area (Å²) in [5, 5.41) is 7.59. The second-order valence-corrected chi connectivity index (χ2v) is 6.14. The molecule has 2 aliphatic rings. The SMILES string of the molecule is Cl.O=C(Nc1ccc2[nH]ccc2c1)C1CC12CCNCC2. The number of fused-ring (bicyclic) bond motifs is 1. The maximum absolute atomic E-state index is 12.4. The van der Waals surface area contributed by atoms with Crippen molar-refractivity contribution in [3.63, 3.8) is 0 Å². The highest BCUT2D eigenvalue weighted by Crippen LogP contribution is 2.58. The van der Waals surface area contributed by atoms with Gasteiger partial charge >= 0.3 is 0 Å². The van der Waals surface area contributed by atoms with Crippen LogP contribution in [-0.4, -0.2) is 24.0 Å². The zero-order chi connectivity index (χ0) is 13.6. The molecule has 1 aromatic heterocycles. The number of benzene rings is 1. The Bertz CT molecular complexity index is 660. The number of nitrogens with one attached hydrogen (secondary N) is 3.